The first-order valence-electron chi connectivity index (χ1n) is 6.07. The summed E-state index contributed by atoms with van der Waals surface area (Å²) in [5, 5.41) is 9.94. The molecule has 0 radical (unpaired) electrons. The lowest BCUT2D eigenvalue weighted by molar-refractivity contribution is 0.0431. The zero-order valence-corrected chi connectivity index (χ0v) is 10.9. The van der Waals surface area contributed by atoms with Crippen LogP contribution in [0.25, 0.3) is 0 Å². The summed E-state index contributed by atoms with van der Waals surface area (Å²) in [6.07, 6.45) is 1.54. The van der Waals surface area contributed by atoms with Gasteiger partial charge in [0.05, 0.1) is 19.3 Å². The van der Waals surface area contributed by atoms with Gasteiger partial charge in [-0.2, -0.15) is 0 Å². The van der Waals surface area contributed by atoms with Crippen LogP contribution in [-0.2, 0) is 11.3 Å². The molecular weight excluding hydrogens is 212 g/mol. The average Bonchev–Trinajstić information content (AvgIpc) is 2.38. The van der Waals surface area contributed by atoms with Crippen LogP contribution in [0.15, 0.2) is 42.0 Å². The zero-order chi connectivity index (χ0) is 12.7. The predicted molar refractivity (Wildman–Crippen MR) is 70.7 cm³/mol. The molecular formula is C15H22O2. The van der Waals surface area contributed by atoms with Gasteiger partial charge in [0.1, 0.15) is 0 Å². The summed E-state index contributed by atoms with van der Waals surface area (Å²) < 4.78 is 5.61. The predicted octanol–water partition coefficient (Wildman–Crippen LogP) is 3.17. The Labute approximate surface area is 104 Å². The van der Waals surface area contributed by atoms with E-state index in [2.05, 4.69) is 0 Å². The molecule has 2 atom stereocenters. The molecule has 0 aliphatic rings. The second kappa shape index (κ2) is 7.25. The fourth-order valence-electron chi connectivity index (χ4n) is 1.65. The first-order valence-corrected chi connectivity index (χ1v) is 6.07. The van der Waals surface area contributed by atoms with Crippen molar-refractivity contribution >= 4 is 0 Å². The fourth-order valence-corrected chi connectivity index (χ4v) is 1.65. The highest BCUT2D eigenvalue weighted by molar-refractivity contribution is 5.13. The molecule has 0 aliphatic heterocycles. The second-order valence-electron chi connectivity index (χ2n) is 4.46. The normalized spacial score (nSPS) is 15.6. The Kier molecular flexibility index (Phi) is 5.95. The summed E-state index contributed by atoms with van der Waals surface area (Å²) in [5.41, 5.74) is 2.16. The molecule has 0 saturated heterocycles. The Hall–Kier alpha value is -1.12. The highest BCUT2D eigenvalue weighted by atomic mass is 16.5. The first kappa shape index (κ1) is 13.9. The molecule has 0 saturated carbocycles. The van der Waals surface area contributed by atoms with E-state index in [1.54, 1.807) is 0 Å². The summed E-state index contributed by atoms with van der Waals surface area (Å²) in [6.45, 7) is 7.06. The van der Waals surface area contributed by atoms with E-state index in [-0.39, 0.29) is 5.92 Å². The molecule has 0 unspecified atom stereocenters. The summed E-state index contributed by atoms with van der Waals surface area (Å²) in [6, 6.07) is 10.1. The summed E-state index contributed by atoms with van der Waals surface area (Å²) in [4.78, 5) is 0. The van der Waals surface area contributed by atoms with Crippen LogP contribution in [0.4, 0.5) is 0 Å². The van der Waals surface area contributed by atoms with Gasteiger partial charge in [-0.3, -0.25) is 0 Å². The lowest BCUT2D eigenvalue weighted by Crippen LogP contribution is -2.23. The molecule has 1 aromatic rings. The van der Waals surface area contributed by atoms with E-state index in [9.17, 15) is 5.11 Å². The Balaban J connectivity index is 2.32. The second-order valence-corrected chi connectivity index (χ2v) is 4.46. The van der Waals surface area contributed by atoms with Gasteiger partial charge in [-0.05, 0) is 25.0 Å². The molecule has 0 spiro atoms. The lowest BCUT2D eigenvalue weighted by Gasteiger charge is -2.19. The molecule has 0 heterocycles. The first-order chi connectivity index (χ1) is 8.15. The van der Waals surface area contributed by atoms with Gasteiger partial charge in [0, 0.05) is 5.92 Å². The topological polar surface area (TPSA) is 29.5 Å². The van der Waals surface area contributed by atoms with Crippen LogP contribution in [-0.4, -0.2) is 17.8 Å². The maximum atomic E-state index is 9.94. The fraction of sp³-hybridized carbons (Fsp3) is 0.467. The molecule has 2 nitrogen and oxygen atoms in total. The molecule has 1 aromatic carbocycles. The third-order valence-corrected chi connectivity index (χ3v) is 2.95. The van der Waals surface area contributed by atoms with Crippen molar-refractivity contribution in [2.24, 2.45) is 5.92 Å². The summed E-state index contributed by atoms with van der Waals surface area (Å²) in [5.74, 6) is 0.120. The van der Waals surface area contributed by atoms with Crippen LogP contribution in [0.1, 0.15) is 26.3 Å². The van der Waals surface area contributed by atoms with Crippen LogP contribution in [0, 0.1) is 5.92 Å². The number of hydrogen-bond acceptors (Lipinski definition) is 2. The Morgan fingerprint density at radius 3 is 2.59 bits per heavy atom. The summed E-state index contributed by atoms with van der Waals surface area (Å²) in [7, 11) is 0. The van der Waals surface area contributed by atoms with Gasteiger partial charge in [0.15, 0.2) is 0 Å². The number of aliphatic hydroxyl groups excluding tert-OH is 1. The maximum absolute atomic E-state index is 9.94. The minimum absolute atomic E-state index is 0.120. The van der Waals surface area contributed by atoms with E-state index in [0.717, 1.165) is 11.1 Å². The molecule has 2 heteroatoms. The average molecular weight is 234 g/mol. The van der Waals surface area contributed by atoms with Crippen molar-refractivity contribution in [2.45, 2.75) is 33.5 Å². The van der Waals surface area contributed by atoms with Gasteiger partial charge in [0.25, 0.3) is 0 Å². The third-order valence-electron chi connectivity index (χ3n) is 2.95. The van der Waals surface area contributed by atoms with Gasteiger partial charge in [-0.1, -0.05) is 43.3 Å². The Morgan fingerprint density at radius 1 is 1.35 bits per heavy atom. The largest absolute Gasteiger partial charge is 0.388 e. The van der Waals surface area contributed by atoms with Crippen molar-refractivity contribution in [2.75, 3.05) is 6.61 Å². The molecule has 94 valence electrons. The van der Waals surface area contributed by atoms with Gasteiger partial charge in [0.2, 0.25) is 0 Å². The number of allylic oxidation sites excluding steroid dienone is 1. The van der Waals surface area contributed by atoms with Crippen LogP contribution < -0.4 is 0 Å². The molecule has 17 heavy (non-hydrogen) atoms. The molecule has 1 rings (SSSR count). The van der Waals surface area contributed by atoms with Crippen molar-refractivity contribution in [3.05, 3.63) is 47.5 Å². The molecule has 0 bridgehead atoms. The van der Waals surface area contributed by atoms with Gasteiger partial charge in [-0.25, -0.2) is 0 Å². The van der Waals surface area contributed by atoms with Crippen molar-refractivity contribution in [1.29, 1.82) is 0 Å². The van der Waals surface area contributed by atoms with Crippen molar-refractivity contribution in [1.82, 2.24) is 0 Å². The number of benzene rings is 1. The quantitative estimate of drug-likeness (QED) is 0.766. The van der Waals surface area contributed by atoms with E-state index < -0.39 is 6.10 Å². The lowest BCUT2D eigenvalue weighted by atomic mass is 9.99. The van der Waals surface area contributed by atoms with Crippen LogP contribution >= 0.6 is 0 Å². The highest BCUT2D eigenvalue weighted by Crippen LogP contribution is 2.13. The van der Waals surface area contributed by atoms with Gasteiger partial charge >= 0.3 is 0 Å². The van der Waals surface area contributed by atoms with E-state index in [1.807, 2.05) is 57.2 Å². The monoisotopic (exact) mass is 234 g/mol. The van der Waals surface area contributed by atoms with Crippen molar-refractivity contribution in [3.63, 3.8) is 0 Å². The number of rotatable bonds is 6. The number of aliphatic hydroxyl groups is 1. The van der Waals surface area contributed by atoms with Crippen LogP contribution in [0.2, 0.25) is 0 Å². The van der Waals surface area contributed by atoms with E-state index in [1.165, 1.54) is 0 Å². The molecule has 0 aromatic heterocycles. The van der Waals surface area contributed by atoms with E-state index in [0.29, 0.717) is 13.2 Å². The van der Waals surface area contributed by atoms with Crippen molar-refractivity contribution in [3.8, 4) is 0 Å². The van der Waals surface area contributed by atoms with E-state index in [4.69, 9.17) is 4.74 Å². The Bertz CT molecular complexity index is 343. The SMILES string of the molecule is C/C=C(\C)[C@H](O)[C@@H](C)COCc1ccccc1. The van der Waals surface area contributed by atoms with Crippen LogP contribution in [0.3, 0.4) is 0 Å². The minimum Gasteiger partial charge on any atom is -0.388 e. The van der Waals surface area contributed by atoms with Crippen LogP contribution in [0.5, 0.6) is 0 Å². The molecule has 0 fully saturated rings. The van der Waals surface area contributed by atoms with Gasteiger partial charge in [-0.15, -0.1) is 0 Å². The molecule has 1 N–H and O–H groups in total. The van der Waals surface area contributed by atoms with Gasteiger partial charge < -0.3 is 9.84 Å². The molecule has 0 aliphatic carbocycles. The maximum Gasteiger partial charge on any atom is 0.0794 e. The zero-order valence-electron chi connectivity index (χ0n) is 10.9. The smallest absolute Gasteiger partial charge is 0.0794 e. The van der Waals surface area contributed by atoms with Crippen molar-refractivity contribution < 1.29 is 9.84 Å². The minimum atomic E-state index is -0.407. The Morgan fingerprint density at radius 2 is 2.00 bits per heavy atom. The highest BCUT2D eigenvalue weighted by Gasteiger charge is 2.15. The molecule has 0 amide bonds. The third kappa shape index (κ3) is 4.72. The van der Waals surface area contributed by atoms with E-state index >= 15 is 0 Å². The number of hydrogen-bond donors (Lipinski definition) is 1. The standard InChI is InChI=1S/C15H22O2/c1-4-12(2)15(16)13(3)10-17-11-14-8-6-5-7-9-14/h4-9,13,15-16H,10-11H2,1-3H3/b12-4+/t13-,15-/m0/s1. The number of ether oxygens (including phenoxy) is 1. The summed E-state index contributed by atoms with van der Waals surface area (Å²) >= 11 is 0.